The zero-order chi connectivity index (χ0) is 8.04. The van der Waals surface area contributed by atoms with E-state index in [2.05, 4.69) is 0 Å². The van der Waals surface area contributed by atoms with Crippen LogP contribution in [0.1, 0.15) is 32.6 Å². The first-order valence-corrected chi connectivity index (χ1v) is 3.44. The molecule has 1 radical (unpaired) electrons. The van der Waals surface area contributed by atoms with Crippen molar-refractivity contribution < 1.29 is 13.2 Å². The first-order valence-electron chi connectivity index (χ1n) is 3.44. The van der Waals surface area contributed by atoms with Crippen LogP contribution in [0.25, 0.3) is 0 Å². The predicted octanol–water partition coefficient (Wildman–Crippen LogP) is 3.33. The smallest absolute Gasteiger partial charge is 0.171 e. The molecule has 0 aromatic heterocycles. The van der Waals surface area contributed by atoms with Gasteiger partial charge in [-0.1, -0.05) is 13.3 Å². The molecule has 0 aliphatic carbocycles. The van der Waals surface area contributed by atoms with Crippen LogP contribution in [-0.2, 0) is 0 Å². The Morgan fingerprint density at radius 2 is 1.90 bits per heavy atom. The Morgan fingerprint density at radius 3 is 2.30 bits per heavy atom. The molecule has 0 aliphatic heterocycles. The maximum absolute atomic E-state index is 11.5. The highest BCUT2D eigenvalue weighted by Crippen LogP contribution is 2.22. The molecule has 0 N–H and O–H groups in total. The summed E-state index contributed by atoms with van der Waals surface area (Å²) >= 11 is 0. The largest absolute Gasteiger partial charge is 0.389 e. The van der Waals surface area contributed by atoms with Gasteiger partial charge in [0.15, 0.2) is 0 Å². The molecule has 0 amide bonds. The molecule has 0 bridgehead atoms. The monoisotopic (exact) mass is 153 g/mol. The van der Waals surface area contributed by atoms with E-state index in [1.54, 1.807) is 0 Å². The topological polar surface area (TPSA) is 0 Å². The standard InChI is InChI=1S/C7H12F3/c1-2-3-4-5-6-7(8,9)10/h3H,2,4-6H2,1H3. The summed E-state index contributed by atoms with van der Waals surface area (Å²) in [6.45, 7) is 1.92. The van der Waals surface area contributed by atoms with Gasteiger partial charge in [-0.25, -0.2) is 0 Å². The summed E-state index contributed by atoms with van der Waals surface area (Å²) in [7, 11) is 0. The van der Waals surface area contributed by atoms with Crippen molar-refractivity contribution in [3.05, 3.63) is 6.42 Å². The fourth-order valence-corrected chi connectivity index (χ4v) is 0.651. The van der Waals surface area contributed by atoms with Crippen molar-refractivity contribution in [2.45, 2.75) is 38.8 Å². The molecule has 0 aliphatic rings. The Kier molecular flexibility index (Phi) is 4.49. The van der Waals surface area contributed by atoms with Crippen LogP contribution in [0.5, 0.6) is 0 Å². The van der Waals surface area contributed by atoms with Gasteiger partial charge < -0.3 is 0 Å². The van der Waals surface area contributed by atoms with Crippen LogP contribution < -0.4 is 0 Å². The minimum Gasteiger partial charge on any atom is -0.171 e. The van der Waals surface area contributed by atoms with Crippen LogP contribution in [0.4, 0.5) is 13.2 Å². The second-order valence-electron chi connectivity index (χ2n) is 2.20. The second-order valence-corrected chi connectivity index (χ2v) is 2.20. The van der Waals surface area contributed by atoms with Crippen LogP contribution >= 0.6 is 0 Å². The number of hydrogen-bond acceptors (Lipinski definition) is 0. The Balaban J connectivity index is 3.04. The lowest BCUT2D eigenvalue weighted by atomic mass is 10.1. The SMILES string of the molecule is CC[CH]CCCC(F)(F)F. The molecule has 0 aromatic carbocycles. The molecule has 3 heteroatoms. The van der Waals surface area contributed by atoms with Crippen molar-refractivity contribution in [2.75, 3.05) is 0 Å². The minimum atomic E-state index is -3.97. The van der Waals surface area contributed by atoms with Gasteiger partial charge in [0.25, 0.3) is 0 Å². The summed E-state index contributed by atoms with van der Waals surface area (Å²) < 4.78 is 34.4. The maximum Gasteiger partial charge on any atom is 0.389 e. The molecular weight excluding hydrogens is 141 g/mol. The zero-order valence-electron chi connectivity index (χ0n) is 6.04. The van der Waals surface area contributed by atoms with Gasteiger partial charge in [0.05, 0.1) is 0 Å². The average molecular weight is 153 g/mol. The molecule has 0 nitrogen and oxygen atoms in total. The molecule has 61 valence electrons. The lowest BCUT2D eigenvalue weighted by Crippen LogP contribution is -2.06. The second kappa shape index (κ2) is 4.58. The summed E-state index contributed by atoms with van der Waals surface area (Å²) in [6.07, 6.45) is -1.08. The Hall–Kier alpha value is -0.210. The molecule has 0 rings (SSSR count). The van der Waals surface area contributed by atoms with Crippen LogP contribution in [0.2, 0.25) is 0 Å². The van der Waals surface area contributed by atoms with E-state index in [9.17, 15) is 13.2 Å². The van der Waals surface area contributed by atoms with Gasteiger partial charge in [-0.2, -0.15) is 13.2 Å². The van der Waals surface area contributed by atoms with Crippen LogP contribution in [0, 0.1) is 6.42 Å². The summed E-state index contributed by atoms with van der Waals surface area (Å²) in [5.41, 5.74) is 0. The van der Waals surface area contributed by atoms with Crippen molar-refractivity contribution in [1.82, 2.24) is 0 Å². The predicted molar refractivity (Wildman–Crippen MR) is 34.5 cm³/mol. The zero-order valence-corrected chi connectivity index (χ0v) is 6.04. The van der Waals surface area contributed by atoms with Gasteiger partial charge in [-0.3, -0.25) is 0 Å². The van der Waals surface area contributed by atoms with Crippen molar-refractivity contribution in [2.24, 2.45) is 0 Å². The number of halogens is 3. The molecule has 0 saturated carbocycles. The third-order valence-electron chi connectivity index (χ3n) is 1.16. The van der Waals surface area contributed by atoms with Crippen LogP contribution in [-0.4, -0.2) is 6.18 Å². The van der Waals surface area contributed by atoms with Gasteiger partial charge in [0.2, 0.25) is 0 Å². The Labute approximate surface area is 59.4 Å². The van der Waals surface area contributed by atoms with Crippen molar-refractivity contribution in [3.63, 3.8) is 0 Å². The first-order chi connectivity index (χ1) is 4.56. The van der Waals surface area contributed by atoms with Crippen LogP contribution in [0.3, 0.4) is 0 Å². The highest BCUT2D eigenvalue weighted by molar-refractivity contribution is 4.62. The fourth-order valence-electron chi connectivity index (χ4n) is 0.651. The van der Waals surface area contributed by atoms with Gasteiger partial charge in [0, 0.05) is 6.42 Å². The van der Waals surface area contributed by atoms with E-state index in [-0.39, 0.29) is 6.42 Å². The number of unbranched alkanes of at least 4 members (excludes halogenated alkanes) is 3. The molecular formula is C7H12F3. The quantitative estimate of drug-likeness (QED) is 0.543. The van der Waals surface area contributed by atoms with Gasteiger partial charge in [-0.05, 0) is 19.3 Å². The molecule has 0 fully saturated rings. The Morgan fingerprint density at radius 1 is 1.30 bits per heavy atom. The van der Waals surface area contributed by atoms with Crippen molar-refractivity contribution in [3.8, 4) is 0 Å². The first kappa shape index (κ1) is 9.79. The van der Waals surface area contributed by atoms with E-state index in [1.165, 1.54) is 0 Å². The number of alkyl halides is 3. The lowest BCUT2D eigenvalue weighted by Gasteiger charge is -2.03. The highest BCUT2D eigenvalue weighted by atomic mass is 19.4. The molecule has 0 spiro atoms. The fraction of sp³-hybridized carbons (Fsp3) is 0.857. The number of hydrogen-bond donors (Lipinski definition) is 0. The highest BCUT2D eigenvalue weighted by Gasteiger charge is 2.25. The van der Waals surface area contributed by atoms with Crippen LogP contribution in [0.15, 0.2) is 0 Å². The number of rotatable bonds is 4. The van der Waals surface area contributed by atoms with E-state index in [0.29, 0.717) is 6.42 Å². The van der Waals surface area contributed by atoms with Gasteiger partial charge in [0.1, 0.15) is 0 Å². The molecule has 10 heavy (non-hydrogen) atoms. The van der Waals surface area contributed by atoms with E-state index in [4.69, 9.17) is 0 Å². The minimum absolute atomic E-state index is 0.233. The maximum atomic E-state index is 11.5. The van der Waals surface area contributed by atoms with E-state index in [1.807, 2.05) is 13.3 Å². The van der Waals surface area contributed by atoms with E-state index < -0.39 is 12.6 Å². The lowest BCUT2D eigenvalue weighted by molar-refractivity contribution is -0.135. The van der Waals surface area contributed by atoms with Crippen molar-refractivity contribution >= 4 is 0 Å². The van der Waals surface area contributed by atoms with Gasteiger partial charge >= 0.3 is 6.18 Å². The normalized spacial score (nSPS) is 12.0. The van der Waals surface area contributed by atoms with E-state index in [0.717, 1.165) is 6.42 Å². The molecule has 0 atom stereocenters. The third kappa shape index (κ3) is 7.79. The average Bonchev–Trinajstić information content (AvgIpc) is 1.78. The summed E-state index contributed by atoms with van der Waals surface area (Å²) in [6, 6.07) is 0. The molecule has 0 aromatic rings. The van der Waals surface area contributed by atoms with Crippen molar-refractivity contribution in [1.29, 1.82) is 0 Å². The molecule has 0 heterocycles. The Bertz CT molecular complexity index is 75.4. The molecule has 0 saturated heterocycles. The van der Waals surface area contributed by atoms with E-state index >= 15 is 0 Å². The summed E-state index contributed by atoms with van der Waals surface area (Å²) in [5, 5.41) is 0. The summed E-state index contributed by atoms with van der Waals surface area (Å²) in [4.78, 5) is 0. The third-order valence-corrected chi connectivity index (χ3v) is 1.16. The summed E-state index contributed by atoms with van der Waals surface area (Å²) in [5.74, 6) is 0. The van der Waals surface area contributed by atoms with Gasteiger partial charge in [-0.15, -0.1) is 0 Å². The molecule has 0 unspecified atom stereocenters.